The molecule has 0 aromatic carbocycles. The van der Waals surface area contributed by atoms with Gasteiger partial charge in [-0.15, -0.1) is 0 Å². The van der Waals surface area contributed by atoms with Crippen molar-refractivity contribution in [2.45, 2.75) is 12.8 Å². The van der Waals surface area contributed by atoms with Crippen LogP contribution in [0.25, 0.3) is 0 Å². The molecular weight excluding hydrogens is 268 g/mol. The zero-order valence-corrected chi connectivity index (χ0v) is 10.6. The number of hydrogen-bond acceptors (Lipinski definition) is 3. The fraction of sp³-hybridized carbons (Fsp3) is 0.250. The Bertz CT molecular complexity index is 376. The van der Waals surface area contributed by atoms with E-state index in [2.05, 4.69) is 27.8 Å². The molecule has 3 N–H and O–H groups in total. The molecule has 0 radical (unpaired) electrons. The van der Waals surface area contributed by atoms with E-state index < -0.39 is 0 Å². The highest BCUT2D eigenvalue weighted by molar-refractivity contribution is 9.11. The first-order valence-corrected chi connectivity index (χ1v) is 5.81. The second kappa shape index (κ2) is 6.33. The van der Waals surface area contributed by atoms with Crippen LogP contribution in [-0.4, -0.2) is 12.3 Å². The van der Waals surface area contributed by atoms with Crippen molar-refractivity contribution in [3.63, 3.8) is 0 Å². The normalized spacial score (nSPS) is 16.7. The standard InChI is InChI=1S/C12H15BrN2O/c1-9(3-2-4-12(13)14)8-15-10-5-6-11(16)7-10/h2-4,7,15H,1,5-6,8,14H2/b3-2-,12-4-. The molecule has 0 atom stereocenters. The van der Waals surface area contributed by atoms with Gasteiger partial charge in [-0.2, -0.15) is 0 Å². The Labute approximate surface area is 104 Å². The highest BCUT2D eigenvalue weighted by Crippen LogP contribution is 2.11. The summed E-state index contributed by atoms with van der Waals surface area (Å²) in [6, 6.07) is 0. The van der Waals surface area contributed by atoms with Crippen molar-refractivity contribution in [3.05, 3.63) is 46.8 Å². The topological polar surface area (TPSA) is 55.1 Å². The lowest BCUT2D eigenvalue weighted by Gasteiger charge is -2.05. The molecular formula is C12H15BrN2O. The van der Waals surface area contributed by atoms with Crippen molar-refractivity contribution in [1.29, 1.82) is 0 Å². The maximum atomic E-state index is 11.0. The molecule has 0 aromatic heterocycles. The van der Waals surface area contributed by atoms with E-state index >= 15 is 0 Å². The highest BCUT2D eigenvalue weighted by atomic mass is 79.9. The molecule has 0 amide bonds. The third kappa shape index (κ3) is 4.98. The van der Waals surface area contributed by atoms with Crippen molar-refractivity contribution in [2.24, 2.45) is 5.73 Å². The van der Waals surface area contributed by atoms with Crippen LogP contribution in [0.15, 0.2) is 46.8 Å². The fourth-order valence-electron chi connectivity index (χ4n) is 1.30. The predicted octanol–water partition coefficient (Wildman–Crippen LogP) is 2.13. The van der Waals surface area contributed by atoms with Gasteiger partial charge in [-0.25, -0.2) is 0 Å². The molecule has 0 aromatic rings. The Kier molecular flexibility index (Phi) is 5.05. The molecule has 16 heavy (non-hydrogen) atoms. The van der Waals surface area contributed by atoms with Gasteiger partial charge in [-0.05, 0) is 34.0 Å². The van der Waals surface area contributed by atoms with Crippen LogP contribution < -0.4 is 11.1 Å². The van der Waals surface area contributed by atoms with Gasteiger partial charge < -0.3 is 11.1 Å². The zero-order chi connectivity index (χ0) is 12.0. The molecule has 1 rings (SSSR count). The minimum Gasteiger partial charge on any atom is -0.393 e. The molecule has 0 saturated carbocycles. The van der Waals surface area contributed by atoms with Crippen molar-refractivity contribution >= 4 is 21.7 Å². The van der Waals surface area contributed by atoms with Gasteiger partial charge in [-0.3, -0.25) is 4.79 Å². The number of allylic oxidation sites excluding steroid dienone is 4. The Hall–Kier alpha value is -1.29. The van der Waals surface area contributed by atoms with E-state index in [-0.39, 0.29) is 5.78 Å². The van der Waals surface area contributed by atoms with E-state index in [9.17, 15) is 4.79 Å². The Morgan fingerprint density at radius 3 is 2.94 bits per heavy atom. The number of rotatable bonds is 5. The smallest absolute Gasteiger partial charge is 0.157 e. The molecule has 4 heteroatoms. The first-order chi connectivity index (χ1) is 7.58. The van der Waals surface area contributed by atoms with Gasteiger partial charge in [-0.1, -0.05) is 18.7 Å². The van der Waals surface area contributed by atoms with E-state index in [4.69, 9.17) is 5.73 Å². The fourth-order valence-corrected chi connectivity index (χ4v) is 1.45. The summed E-state index contributed by atoms with van der Waals surface area (Å²) in [5.41, 5.74) is 7.33. The monoisotopic (exact) mass is 282 g/mol. The second-order valence-corrected chi connectivity index (χ2v) is 4.47. The molecule has 0 unspecified atom stereocenters. The Balaban J connectivity index is 2.31. The average molecular weight is 283 g/mol. The van der Waals surface area contributed by atoms with Gasteiger partial charge >= 0.3 is 0 Å². The van der Waals surface area contributed by atoms with E-state index in [1.54, 1.807) is 12.2 Å². The maximum Gasteiger partial charge on any atom is 0.157 e. The number of ketones is 1. The first-order valence-electron chi connectivity index (χ1n) is 5.02. The van der Waals surface area contributed by atoms with Crippen LogP contribution in [0.4, 0.5) is 0 Å². The third-order valence-corrected chi connectivity index (χ3v) is 2.37. The molecule has 0 bridgehead atoms. The number of halogens is 1. The molecule has 0 saturated heterocycles. The molecule has 1 aliphatic carbocycles. The Morgan fingerprint density at radius 1 is 1.62 bits per heavy atom. The lowest BCUT2D eigenvalue weighted by molar-refractivity contribution is -0.114. The van der Waals surface area contributed by atoms with Gasteiger partial charge in [0.1, 0.15) is 0 Å². The SMILES string of the molecule is C=C(/C=C\C=C(/N)Br)CNC1=CC(=O)CC1. The van der Waals surface area contributed by atoms with Crippen molar-refractivity contribution in [3.8, 4) is 0 Å². The predicted molar refractivity (Wildman–Crippen MR) is 69.8 cm³/mol. The highest BCUT2D eigenvalue weighted by Gasteiger charge is 2.10. The molecule has 0 aliphatic heterocycles. The first kappa shape index (κ1) is 12.8. The largest absolute Gasteiger partial charge is 0.393 e. The minimum absolute atomic E-state index is 0.193. The van der Waals surface area contributed by atoms with Crippen LogP contribution in [0.1, 0.15) is 12.8 Å². The van der Waals surface area contributed by atoms with Gasteiger partial charge in [0.25, 0.3) is 0 Å². The molecule has 86 valence electrons. The average Bonchev–Trinajstić information content (AvgIpc) is 2.61. The van der Waals surface area contributed by atoms with E-state index in [1.165, 1.54) is 0 Å². The summed E-state index contributed by atoms with van der Waals surface area (Å²) in [5.74, 6) is 0.193. The van der Waals surface area contributed by atoms with Gasteiger partial charge in [0, 0.05) is 24.7 Å². The number of carbonyl (C=O) groups is 1. The van der Waals surface area contributed by atoms with Gasteiger partial charge in [0.15, 0.2) is 5.78 Å². The van der Waals surface area contributed by atoms with Crippen LogP contribution in [0.5, 0.6) is 0 Å². The van der Waals surface area contributed by atoms with E-state index in [1.807, 2.05) is 12.2 Å². The van der Waals surface area contributed by atoms with Crippen molar-refractivity contribution < 1.29 is 4.79 Å². The number of nitrogens with one attached hydrogen (secondary N) is 1. The molecule has 0 spiro atoms. The van der Waals surface area contributed by atoms with E-state index in [0.29, 0.717) is 17.6 Å². The molecule has 3 nitrogen and oxygen atoms in total. The third-order valence-electron chi connectivity index (χ3n) is 2.11. The van der Waals surface area contributed by atoms with Gasteiger partial charge in [0.05, 0.1) is 4.61 Å². The maximum absolute atomic E-state index is 11.0. The lowest BCUT2D eigenvalue weighted by atomic mass is 10.2. The lowest BCUT2D eigenvalue weighted by Crippen LogP contribution is -2.14. The summed E-state index contributed by atoms with van der Waals surface area (Å²) in [6.45, 7) is 4.53. The summed E-state index contributed by atoms with van der Waals surface area (Å²) in [7, 11) is 0. The van der Waals surface area contributed by atoms with Crippen LogP contribution in [0.2, 0.25) is 0 Å². The molecule has 1 aliphatic rings. The quantitative estimate of drug-likeness (QED) is 0.600. The summed E-state index contributed by atoms with van der Waals surface area (Å²) in [4.78, 5) is 11.0. The van der Waals surface area contributed by atoms with Crippen LogP contribution in [0, 0.1) is 0 Å². The summed E-state index contributed by atoms with van der Waals surface area (Å²) in [5, 5.41) is 3.18. The zero-order valence-electron chi connectivity index (χ0n) is 9.00. The second-order valence-electron chi connectivity index (χ2n) is 3.56. The minimum atomic E-state index is 0.193. The summed E-state index contributed by atoms with van der Waals surface area (Å²) < 4.78 is 0.577. The van der Waals surface area contributed by atoms with Crippen molar-refractivity contribution in [1.82, 2.24) is 5.32 Å². The molecule has 0 fully saturated rings. The number of carbonyl (C=O) groups excluding carboxylic acids is 1. The number of hydrogen-bond donors (Lipinski definition) is 2. The Morgan fingerprint density at radius 2 is 2.38 bits per heavy atom. The van der Waals surface area contributed by atoms with Gasteiger partial charge in [0.2, 0.25) is 0 Å². The van der Waals surface area contributed by atoms with Crippen molar-refractivity contribution in [2.75, 3.05) is 6.54 Å². The van der Waals surface area contributed by atoms with Crippen LogP contribution >= 0.6 is 15.9 Å². The van der Waals surface area contributed by atoms with Crippen LogP contribution in [0.3, 0.4) is 0 Å². The summed E-state index contributed by atoms with van der Waals surface area (Å²) >= 11 is 3.12. The number of nitrogens with two attached hydrogens (primary N) is 1. The van der Waals surface area contributed by atoms with Crippen LogP contribution in [-0.2, 0) is 4.79 Å². The molecule has 0 heterocycles. The van der Waals surface area contributed by atoms with E-state index in [0.717, 1.165) is 17.7 Å². The summed E-state index contributed by atoms with van der Waals surface area (Å²) in [6.07, 6.45) is 8.52.